The summed E-state index contributed by atoms with van der Waals surface area (Å²) in [5.74, 6) is -1.07. The molecule has 1 saturated carbocycles. The number of amides is 2. The number of hydrogen-bond acceptors (Lipinski definition) is 5. The Bertz CT molecular complexity index is 716. The van der Waals surface area contributed by atoms with Gasteiger partial charge in [-0.3, -0.25) is 4.99 Å². The SMILES string of the molecule is CN1NNN(c2cc(C=C(F)/C=N\CN)c(F)cc2C2CC2)C1=O. The highest BCUT2D eigenvalue weighted by atomic mass is 19.1. The number of urea groups is 1. The highest BCUT2D eigenvalue weighted by Crippen LogP contribution is 2.45. The lowest BCUT2D eigenvalue weighted by Crippen LogP contribution is -2.38. The topological polar surface area (TPSA) is 86.0 Å². The fourth-order valence-electron chi connectivity index (χ4n) is 2.48. The van der Waals surface area contributed by atoms with E-state index in [1.165, 1.54) is 22.2 Å². The first-order chi connectivity index (χ1) is 11.5. The van der Waals surface area contributed by atoms with Crippen LogP contribution in [0.25, 0.3) is 6.08 Å². The molecule has 1 saturated heterocycles. The average molecular weight is 336 g/mol. The fraction of sp³-hybridized carbons (Fsp3) is 0.333. The Labute approximate surface area is 137 Å². The third-order valence-corrected chi connectivity index (χ3v) is 3.83. The number of nitrogens with two attached hydrogens (primary N) is 1. The minimum absolute atomic E-state index is 0.0273. The molecule has 1 aromatic rings. The molecule has 0 atom stereocenters. The number of carbonyl (C=O) groups is 1. The van der Waals surface area contributed by atoms with Crippen LogP contribution < -0.4 is 21.8 Å². The van der Waals surface area contributed by atoms with Gasteiger partial charge in [-0.2, -0.15) is 0 Å². The number of carbonyl (C=O) groups excluding carboxylic acids is 1. The molecule has 1 aliphatic carbocycles. The van der Waals surface area contributed by atoms with Crippen LogP contribution in [-0.4, -0.2) is 31.0 Å². The molecule has 0 radical (unpaired) electrons. The minimum atomic E-state index is -0.722. The van der Waals surface area contributed by atoms with Gasteiger partial charge in [0.05, 0.1) is 18.6 Å². The Balaban J connectivity index is 2.01. The molecule has 0 spiro atoms. The van der Waals surface area contributed by atoms with Gasteiger partial charge in [0.1, 0.15) is 11.6 Å². The summed E-state index contributed by atoms with van der Waals surface area (Å²) < 4.78 is 28.1. The van der Waals surface area contributed by atoms with Crippen molar-refractivity contribution in [2.75, 3.05) is 18.7 Å². The highest BCUT2D eigenvalue weighted by Gasteiger charge is 2.34. The molecule has 7 nitrogen and oxygen atoms in total. The van der Waals surface area contributed by atoms with Gasteiger partial charge in [-0.05, 0) is 42.5 Å². The molecule has 1 aliphatic heterocycles. The normalized spacial score (nSPS) is 19.0. The predicted octanol–water partition coefficient (Wildman–Crippen LogP) is 1.80. The zero-order valence-corrected chi connectivity index (χ0v) is 13.1. The van der Waals surface area contributed by atoms with E-state index in [4.69, 9.17) is 5.73 Å². The summed E-state index contributed by atoms with van der Waals surface area (Å²) in [7, 11) is 1.55. The number of nitrogens with one attached hydrogen (secondary N) is 2. The van der Waals surface area contributed by atoms with Crippen LogP contribution in [0.1, 0.15) is 29.9 Å². The van der Waals surface area contributed by atoms with Crippen LogP contribution >= 0.6 is 0 Å². The number of rotatable bonds is 5. The van der Waals surface area contributed by atoms with Crippen molar-refractivity contribution in [2.45, 2.75) is 18.8 Å². The van der Waals surface area contributed by atoms with Crippen molar-refractivity contribution < 1.29 is 13.6 Å². The van der Waals surface area contributed by atoms with Crippen molar-refractivity contribution in [1.29, 1.82) is 0 Å². The van der Waals surface area contributed by atoms with E-state index in [0.717, 1.165) is 30.7 Å². The Morgan fingerprint density at radius 2 is 2.21 bits per heavy atom. The van der Waals surface area contributed by atoms with Crippen molar-refractivity contribution in [2.24, 2.45) is 10.7 Å². The summed E-state index contributed by atoms with van der Waals surface area (Å²) >= 11 is 0. The van der Waals surface area contributed by atoms with Crippen molar-refractivity contribution in [3.05, 3.63) is 34.9 Å². The molecule has 1 heterocycles. The number of allylic oxidation sites excluding steroid dienone is 1. The maximum atomic E-state index is 14.3. The number of halogens is 2. The van der Waals surface area contributed by atoms with Gasteiger partial charge in [-0.25, -0.2) is 23.6 Å². The molecule has 4 N–H and O–H groups in total. The maximum Gasteiger partial charge on any atom is 0.355 e. The Morgan fingerprint density at radius 3 is 2.79 bits per heavy atom. The van der Waals surface area contributed by atoms with E-state index in [1.807, 2.05) is 0 Å². The summed E-state index contributed by atoms with van der Waals surface area (Å²) in [5.41, 5.74) is 11.8. The predicted molar refractivity (Wildman–Crippen MR) is 86.9 cm³/mol. The first-order valence-electron chi connectivity index (χ1n) is 7.51. The van der Waals surface area contributed by atoms with Crippen molar-refractivity contribution >= 4 is 24.0 Å². The minimum Gasteiger partial charge on any atom is -0.312 e. The number of anilines is 1. The molecule has 2 amide bonds. The third kappa shape index (κ3) is 3.28. The largest absolute Gasteiger partial charge is 0.355 e. The standard InChI is InChI=1S/C15H18F2N6O/c1-22-15(24)23(21-20-22)14-5-10(4-11(16)7-19-8-18)13(17)6-12(14)9-2-3-9/h4-7,9,20-21H,2-3,8,18H2,1H3/b11-4?,19-7-. The Morgan fingerprint density at radius 1 is 1.46 bits per heavy atom. The molecule has 9 heteroatoms. The van der Waals surface area contributed by atoms with Gasteiger partial charge >= 0.3 is 6.03 Å². The van der Waals surface area contributed by atoms with Gasteiger partial charge in [-0.1, -0.05) is 0 Å². The van der Waals surface area contributed by atoms with Crippen LogP contribution in [0, 0.1) is 5.82 Å². The van der Waals surface area contributed by atoms with E-state index in [-0.39, 0.29) is 24.2 Å². The molecule has 0 aromatic heterocycles. The number of hydrogen-bond donors (Lipinski definition) is 3. The van der Waals surface area contributed by atoms with Crippen molar-refractivity contribution in [1.82, 2.24) is 16.1 Å². The van der Waals surface area contributed by atoms with Crippen molar-refractivity contribution in [3.8, 4) is 0 Å². The summed E-state index contributed by atoms with van der Waals surface area (Å²) in [6.45, 7) is -0.0557. The van der Waals surface area contributed by atoms with Crippen LogP contribution in [-0.2, 0) is 0 Å². The third-order valence-electron chi connectivity index (χ3n) is 3.83. The van der Waals surface area contributed by atoms with Crippen LogP contribution in [0.2, 0.25) is 0 Å². The van der Waals surface area contributed by atoms with E-state index in [0.29, 0.717) is 5.69 Å². The lowest BCUT2D eigenvalue weighted by molar-refractivity contribution is 0.214. The Hall–Kier alpha value is -2.36. The number of benzene rings is 1. The first kappa shape index (κ1) is 16.5. The molecule has 2 aliphatic rings. The van der Waals surface area contributed by atoms with E-state index in [2.05, 4.69) is 16.1 Å². The molecule has 128 valence electrons. The van der Waals surface area contributed by atoms with Gasteiger partial charge in [0.15, 0.2) is 0 Å². The Kier molecular flexibility index (Phi) is 4.56. The van der Waals surface area contributed by atoms with Crippen molar-refractivity contribution in [3.63, 3.8) is 0 Å². The van der Waals surface area contributed by atoms with E-state index >= 15 is 0 Å². The van der Waals surface area contributed by atoms with Crippen LogP contribution in [0.3, 0.4) is 0 Å². The van der Waals surface area contributed by atoms with E-state index < -0.39 is 11.6 Å². The maximum absolute atomic E-state index is 14.3. The second-order valence-corrected chi connectivity index (χ2v) is 5.63. The fourth-order valence-corrected chi connectivity index (χ4v) is 2.48. The van der Waals surface area contributed by atoms with Crippen LogP contribution in [0.15, 0.2) is 23.0 Å². The summed E-state index contributed by atoms with van der Waals surface area (Å²) in [5, 5.41) is 2.53. The quantitative estimate of drug-likeness (QED) is 0.716. The van der Waals surface area contributed by atoms with Gasteiger partial charge in [0.2, 0.25) is 0 Å². The smallest absolute Gasteiger partial charge is 0.312 e. The van der Waals surface area contributed by atoms with Crippen LogP contribution in [0.4, 0.5) is 19.3 Å². The second kappa shape index (κ2) is 6.63. The monoisotopic (exact) mass is 336 g/mol. The molecule has 0 bridgehead atoms. The number of aliphatic imine (C=N–C) groups is 1. The molecule has 2 fully saturated rings. The lowest BCUT2D eigenvalue weighted by atomic mass is 10.0. The molecular weight excluding hydrogens is 318 g/mol. The molecule has 0 unspecified atom stereocenters. The van der Waals surface area contributed by atoms with Gasteiger partial charge < -0.3 is 5.73 Å². The lowest BCUT2D eigenvalue weighted by Gasteiger charge is -2.19. The number of hydrazine groups is 3. The second-order valence-electron chi connectivity index (χ2n) is 5.63. The van der Waals surface area contributed by atoms with E-state index in [9.17, 15) is 13.6 Å². The first-order valence-corrected chi connectivity index (χ1v) is 7.51. The van der Waals surface area contributed by atoms with E-state index in [1.54, 1.807) is 7.05 Å². The zero-order valence-electron chi connectivity index (χ0n) is 13.1. The highest BCUT2D eigenvalue weighted by molar-refractivity contribution is 5.93. The molecule has 24 heavy (non-hydrogen) atoms. The summed E-state index contributed by atoms with van der Waals surface area (Å²) in [6.07, 6.45) is 3.82. The molecule has 3 rings (SSSR count). The summed E-state index contributed by atoms with van der Waals surface area (Å²) in [6, 6.07) is 2.47. The van der Waals surface area contributed by atoms with Gasteiger partial charge in [0, 0.05) is 12.6 Å². The molecule has 1 aromatic carbocycles. The van der Waals surface area contributed by atoms with Gasteiger partial charge in [0.25, 0.3) is 0 Å². The molecular formula is C15H18F2N6O. The summed E-state index contributed by atoms with van der Waals surface area (Å²) in [4.78, 5) is 15.7. The number of nitrogens with zero attached hydrogens (tertiary/aromatic N) is 3. The zero-order chi connectivity index (χ0) is 17.3. The average Bonchev–Trinajstić information content (AvgIpc) is 3.34. The van der Waals surface area contributed by atoms with Crippen LogP contribution in [0.5, 0.6) is 0 Å². The van der Waals surface area contributed by atoms with Gasteiger partial charge in [-0.15, -0.1) is 11.1 Å².